The van der Waals surface area contributed by atoms with E-state index in [9.17, 15) is 9.90 Å². The first-order chi connectivity index (χ1) is 11.7. The second-order valence-electron chi connectivity index (χ2n) is 6.77. The van der Waals surface area contributed by atoms with E-state index in [1.54, 1.807) is 12.4 Å². The van der Waals surface area contributed by atoms with E-state index in [4.69, 9.17) is 4.74 Å². The minimum absolute atomic E-state index is 0.0416. The van der Waals surface area contributed by atoms with Crippen molar-refractivity contribution >= 4 is 5.65 Å². The Labute approximate surface area is 140 Å². The lowest BCUT2D eigenvalue weighted by Crippen LogP contribution is -2.35. The van der Waals surface area contributed by atoms with Crippen molar-refractivity contribution in [1.82, 2.24) is 14.3 Å². The molecule has 0 radical (unpaired) electrons. The minimum Gasteiger partial charge on any atom is -0.504 e. The summed E-state index contributed by atoms with van der Waals surface area (Å²) >= 11 is 0. The van der Waals surface area contributed by atoms with Gasteiger partial charge in [-0.2, -0.15) is 0 Å². The molecule has 0 aromatic carbocycles. The summed E-state index contributed by atoms with van der Waals surface area (Å²) in [4.78, 5) is 19.4. The zero-order valence-corrected chi connectivity index (χ0v) is 13.8. The largest absolute Gasteiger partial charge is 0.504 e. The third kappa shape index (κ3) is 2.80. The number of hydrogen-bond acceptors (Lipinski definition) is 5. The molecule has 6 nitrogen and oxygen atoms in total. The average Bonchev–Trinajstić information content (AvgIpc) is 3.13. The van der Waals surface area contributed by atoms with Crippen molar-refractivity contribution in [3.05, 3.63) is 39.9 Å². The molecule has 0 atom stereocenters. The molecule has 3 heterocycles. The van der Waals surface area contributed by atoms with E-state index >= 15 is 0 Å². The van der Waals surface area contributed by atoms with Crippen LogP contribution in [0, 0.1) is 0 Å². The highest BCUT2D eigenvalue weighted by Crippen LogP contribution is 2.32. The van der Waals surface area contributed by atoms with Crippen molar-refractivity contribution in [3.8, 4) is 5.75 Å². The molecule has 1 N–H and O–H groups in total. The number of morpholine rings is 1. The fourth-order valence-corrected chi connectivity index (χ4v) is 3.83. The molecule has 128 valence electrons. The summed E-state index contributed by atoms with van der Waals surface area (Å²) in [6.45, 7) is 3.79. The fourth-order valence-electron chi connectivity index (χ4n) is 3.83. The van der Waals surface area contributed by atoms with Crippen LogP contribution < -0.4 is 5.56 Å². The number of pyridine rings is 1. The van der Waals surface area contributed by atoms with E-state index in [1.807, 2.05) is 6.07 Å². The maximum Gasteiger partial charge on any atom is 0.261 e. The smallest absolute Gasteiger partial charge is 0.261 e. The highest BCUT2D eigenvalue weighted by molar-refractivity contribution is 5.57. The van der Waals surface area contributed by atoms with Gasteiger partial charge >= 0.3 is 0 Å². The maximum absolute atomic E-state index is 12.8. The summed E-state index contributed by atoms with van der Waals surface area (Å²) in [7, 11) is 0. The van der Waals surface area contributed by atoms with E-state index in [1.165, 1.54) is 17.2 Å². The Morgan fingerprint density at radius 1 is 1.25 bits per heavy atom. The third-order valence-electron chi connectivity index (χ3n) is 5.25. The second kappa shape index (κ2) is 6.53. The Morgan fingerprint density at radius 2 is 2.00 bits per heavy atom. The molecule has 6 heteroatoms. The maximum atomic E-state index is 12.8. The minimum atomic E-state index is -0.0416. The highest BCUT2D eigenvalue weighted by Gasteiger charge is 2.22. The molecular formula is C18H23N3O3. The van der Waals surface area contributed by atoms with Gasteiger partial charge in [0, 0.05) is 43.2 Å². The highest BCUT2D eigenvalue weighted by atomic mass is 16.5. The van der Waals surface area contributed by atoms with Gasteiger partial charge in [0.15, 0.2) is 11.4 Å². The van der Waals surface area contributed by atoms with Crippen molar-refractivity contribution in [3.63, 3.8) is 0 Å². The molecule has 0 unspecified atom stereocenters. The van der Waals surface area contributed by atoms with E-state index in [-0.39, 0.29) is 11.3 Å². The van der Waals surface area contributed by atoms with Gasteiger partial charge in [0.25, 0.3) is 5.56 Å². The Kier molecular flexibility index (Phi) is 4.24. The predicted octanol–water partition coefficient (Wildman–Crippen LogP) is 1.89. The van der Waals surface area contributed by atoms with Crippen molar-refractivity contribution in [2.45, 2.75) is 38.1 Å². The number of nitrogens with zero attached hydrogens (tertiary/aromatic N) is 3. The topological polar surface area (TPSA) is 67.1 Å². The van der Waals surface area contributed by atoms with Crippen LogP contribution in [0.2, 0.25) is 0 Å². The number of rotatable bonds is 3. The second-order valence-corrected chi connectivity index (χ2v) is 6.77. The number of aromatic nitrogens is 2. The van der Waals surface area contributed by atoms with Crippen LogP contribution in [-0.4, -0.2) is 45.7 Å². The molecule has 0 bridgehead atoms. The van der Waals surface area contributed by atoms with E-state index in [0.717, 1.165) is 50.3 Å². The van der Waals surface area contributed by atoms with Gasteiger partial charge in [0.1, 0.15) is 0 Å². The lowest BCUT2D eigenvalue weighted by atomic mass is 10.0. The van der Waals surface area contributed by atoms with Gasteiger partial charge in [-0.05, 0) is 24.8 Å². The first-order valence-electron chi connectivity index (χ1n) is 8.76. The summed E-state index contributed by atoms with van der Waals surface area (Å²) in [6, 6.07) is 1.83. The monoisotopic (exact) mass is 329 g/mol. The molecule has 1 aliphatic carbocycles. The summed E-state index contributed by atoms with van der Waals surface area (Å²) < 4.78 is 6.85. The quantitative estimate of drug-likeness (QED) is 0.931. The molecule has 4 rings (SSSR count). The Morgan fingerprint density at radius 3 is 2.75 bits per heavy atom. The lowest BCUT2D eigenvalue weighted by Gasteiger charge is -2.26. The van der Waals surface area contributed by atoms with Gasteiger partial charge in [-0.1, -0.05) is 12.8 Å². The van der Waals surface area contributed by atoms with Crippen molar-refractivity contribution in [2.75, 3.05) is 26.3 Å². The molecule has 2 aromatic heterocycles. The molecule has 24 heavy (non-hydrogen) atoms. The number of aromatic hydroxyl groups is 1. The normalized spacial score (nSPS) is 20.0. The molecular weight excluding hydrogens is 306 g/mol. The van der Waals surface area contributed by atoms with Crippen molar-refractivity contribution in [2.24, 2.45) is 0 Å². The van der Waals surface area contributed by atoms with E-state index in [0.29, 0.717) is 18.1 Å². The first kappa shape index (κ1) is 15.6. The molecule has 2 aliphatic rings. The first-order valence-corrected chi connectivity index (χ1v) is 8.76. The zero-order valence-electron chi connectivity index (χ0n) is 13.8. The zero-order chi connectivity index (χ0) is 16.5. The predicted molar refractivity (Wildman–Crippen MR) is 90.4 cm³/mol. The Balaban J connectivity index is 1.68. The molecule has 1 aliphatic heterocycles. The van der Waals surface area contributed by atoms with Gasteiger partial charge in [-0.3, -0.25) is 14.1 Å². The van der Waals surface area contributed by atoms with E-state index < -0.39 is 0 Å². The number of hydrogen-bond donors (Lipinski definition) is 1. The summed E-state index contributed by atoms with van der Waals surface area (Å²) in [6.07, 6.45) is 7.89. The van der Waals surface area contributed by atoms with Crippen LogP contribution in [0.3, 0.4) is 0 Å². The van der Waals surface area contributed by atoms with Crippen LogP contribution in [0.15, 0.2) is 23.3 Å². The lowest BCUT2D eigenvalue weighted by molar-refractivity contribution is 0.0339. The van der Waals surface area contributed by atoms with Crippen LogP contribution in [0.5, 0.6) is 5.75 Å². The molecule has 1 saturated heterocycles. The van der Waals surface area contributed by atoms with E-state index in [2.05, 4.69) is 9.88 Å². The van der Waals surface area contributed by atoms with Crippen LogP contribution in [0.25, 0.3) is 5.65 Å². The summed E-state index contributed by atoms with van der Waals surface area (Å²) in [5.41, 5.74) is 1.90. The molecule has 0 amide bonds. The molecule has 2 fully saturated rings. The van der Waals surface area contributed by atoms with Gasteiger partial charge in [0.05, 0.1) is 13.2 Å². The Bertz CT molecular complexity index is 790. The van der Waals surface area contributed by atoms with Crippen molar-refractivity contribution < 1.29 is 9.84 Å². The van der Waals surface area contributed by atoms with Crippen LogP contribution >= 0.6 is 0 Å². The number of fused-ring (bicyclic) bond motifs is 1. The van der Waals surface area contributed by atoms with Crippen LogP contribution in [-0.2, 0) is 11.3 Å². The summed E-state index contributed by atoms with van der Waals surface area (Å²) in [5, 5.41) is 10.6. The van der Waals surface area contributed by atoms with Gasteiger partial charge < -0.3 is 9.84 Å². The van der Waals surface area contributed by atoms with Gasteiger partial charge in [-0.25, -0.2) is 4.98 Å². The fraction of sp³-hybridized carbons (Fsp3) is 0.556. The standard InChI is InChI=1S/C18H23N3O3/c22-16-14(12-20-7-9-24-10-8-20)5-6-21-17(16)19-11-15(18(21)23)13-3-1-2-4-13/h5-6,11,13,22H,1-4,7-10,12H2. The molecule has 1 saturated carbocycles. The van der Waals surface area contributed by atoms with Crippen molar-refractivity contribution in [1.29, 1.82) is 0 Å². The van der Waals surface area contributed by atoms with Gasteiger partial charge in [-0.15, -0.1) is 0 Å². The molecule has 2 aromatic rings. The number of ether oxygens (including phenoxy) is 1. The molecule has 0 spiro atoms. The average molecular weight is 329 g/mol. The van der Waals surface area contributed by atoms with Crippen LogP contribution in [0.1, 0.15) is 42.7 Å². The summed E-state index contributed by atoms with van der Waals surface area (Å²) in [5.74, 6) is 0.427. The Hall–Kier alpha value is -1.92. The van der Waals surface area contributed by atoms with Crippen LogP contribution in [0.4, 0.5) is 0 Å². The third-order valence-corrected chi connectivity index (χ3v) is 5.25. The SMILES string of the molecule is O=c1c(C2CCCC2)cnc2c(O)c(CN3CCOCC3)ccn12. The van der Waals surface area contributed by atoms with Gasteiger partial charge in [0.2, 0.25) is 0 Å².